The van der Waals surface area contributed by atoms with Gasteiger partial charge in [-0.1, -0.05) is 50.6 Å². The predicted molar refractivity (Wildman–Crippen MR) is 79.8 cm³/mol. The quantitative estimate of drug-likeness (QED) is 0.728. The topological polar surface area (TPSA) is 29.3 Å². The molecule has 1 aromatic carbocycles. The molecule has 0 aliphatic carbocycles. The van der Waals surface area contributed by atoms with Crippen LogP contribution in [0.15, 0.2) is 30.3 Å². The van der Waals surface area contributed by atoms with E-state index in [2.05, 4.69) is 49.1 Å². The van der Waals surface area contributed by atoms with Gasteiger partial charge in [0.05, 0.1) is 0 Å². The molecule has 102 valence electrons. The van der Waals surface area contributed by atoms with Crippen molar-refractivity contribution in [3.8, 4) is 0 Å². The summed E-state index contributed by atoms with van der Waals surface area (Å²) in [4.78, 5) is 2.53. The van der Waals surface area contributed by atoms with E-state index in [-0.39, 0.29) is 0 Å². The van der Waals surface area contributed by atoms with E-state index < -0.39 is 0 Å². The van der Waals surface area contributed by atoms with E-state index in [1.54, 1.807) is 0 Å². The zero-order valence-electron chi connectivity index (χ0n) is 11.9. The third-order valence-electron chi connectivity index (χ3n) is 3.60. The lowest BCUT2D eigenvalue weighted by molar-refractivity contribution is 0.198. The van der Waals surface area contributed by atoms with E-state index in [4.69, 9.17) is 5.73 Å². The van der Waals surface area contributed by atoms with Crippen LogP contribution in [-0.2, 0) is 6.42 Å². The molecule has 0 aliphatic rings. The van der Waals surface area contributed by atoms with Crippen molar-refractivity contribution in [2.75, 3.05) is 19.6 Å². The van der Waals surface area contributed by atoms with Crippen LogP contribution >= 0.6 is 0 Å². The number of aryl methyl sites for hydroxylation is 1. The van der Waals surface area contributed by atoms with Gasteiger partial charge in [0.1, 0.15) is 0 Å². The van der Waals surface area contributed by atoms with Gasteiger partial charge in [0, 0.05) is 12.6 Å². The number of nitrogens with two attached hydrogens (primary N) is 1. The second-order valence-corrected chi connectivity index (χ2v) is 4.90. The highest BCUT2D eigenvalue weighted by molar-refractivity contribution is 5.14. The van der Waals surface area contributed by atoms with Crippen molar-refractivity contribution in [1.29, 1.82) is 0 Å². The molecule has 0 aliphatic heterocycles. The van der Waals surface area contributed by atoms with E-state index in [0.717, 1.165) is 25.9 Å². The minimum absolute atomic E-state index is 0.529. The highest BCUT2D eigenvalue weighted by Gasteiger charge is 2.14. The molecule has 1 unspecified atom stereocenters. The molecule has 0 amide bonds. The number of benzene rings is 1. The summed E-state index contributed by atoms with van der Waals surface area (Å²) < 4.78 is 0. The van der Waals surface area contributed by atoms with Gasteiger partial charge in [0.25, 0.3) is 0 Å². The molecule has 0 radical (unpaired) electrons. The molecule has 0 spiro atoms. The van der Waals surface area contributed by atoms with Crippen molar-refractivity contribution in [2.24, 2.45) is 5.73 Å². The van der Waals surface area contributed by atoms with Gasteiger partial charge in [-0.25, -0.2) is 0 Å². The Balaban J connectivity index is 2.44. The minimum Gasteiger partial charge on any atom is -0.329 e. The first-order valence-electron chi connectivity index (χ1n) is 7.29. The maximum absolute atomic E-state index is 5.94. The molecule has 18 heavy (non-hydrogen) atoms. The van der Waals surface area contributed by atoms with Crippen LogP contribution in [0.4, 0.5) is 0 Å². The SMILES string of the molecule is CCCCN(CC)C(CN)CCc1ccccc1. The molecule has 0 fully saturated rings. The zero-order valence-corrected chi connectivity index (χ0v) is 11.9. The molecule has 2 nitrogen and oxygen atoms in total. The summed E-state index contributed by atoms with van der Waals surface area (Å²) in [5, 5.41) is 0. The highest BCUT2D eigenvalue weighted by Crippen LogP contribution is 2.10. The van der Waals surface area contributed by atoms with Crippen LogP contribution in [0.1, 0.15) is 38.7 Å². The maximum atomic E-state index is 5.94. The van der Waals surface area contributed by atoms with E-state index in [1.165, 1.54) is 24.9 Å². The van der Waals surface area contributed by atoms with Crippen molar-refractivity contribution in [1.82, 2.24) is 4.90 Å². The average Bonchev–Trinajstić information content (AvgIpc) is 2.43. The first-order valence-corrected chi connectivity index (χ1v) is 7.29. The summed E-state index contributed by atoms with van der Waals surface area (Å²) in [6.45, 7) is 7.54. The van der Waals surface area contributed by atoms with Crippen LogP contribution in [0.25, 0.3) is 0 Å². The van der Waals surface area contributed by atoms with Crippen LogP contribution in [-0.4, -0.2) is 30.6 Å². The Morgan fingerprint density at radius 3 is 2.44 bits per heavy atom. The van der Waals surface area contributed by atoms with Gasteiger partial charge in [0.2, 0.25) is 0 Å². The van der Waals surface area contributed by atoms with Gasteiger partial charge in [-0.3, -0.25) is 4.90 Å². The third-order valence-corrected chi connectivity index (χ3v) is 3.60. The van der Waals surface area contributed by atoms with Gasteiger partial charge >= 0.3 is 0 Å². The molecular weight excluding hydrogens is 220 g/mol. The normalized spacial score (nSPS) is 12.9. The standard InChI is InChI=1S/C16H28N2/c1-3-5-13-18(4-2)16(14-17)12-11-15-9-7-6-8-10-15/h6-10,16H,3-5,11-14,17H2,1-2H3. The highest BCUT2D eigenvalue weighted by atomic mass is 15.2. The van der Waals surface area contributed by atoms with Crippen molar-refractivity contribution in [3.05, 3.63) is 35.9 Å². The van der Waals surface area contributed by atoms with Crippen LogP contribution < -0.4 is 5.73 Å². The molecule has 0 aromatic heterocycles. The molecule has 1 rings (SSSR count). The Hall–Kier alpha value is -0.860. The van der Waals surface area contributed by atoms with Gasteiger partial charge in [0.15, 0.2) is 0 Å². The molecule has 1 aromatic rings. The van der Waals surface area contributed by atoms with Crippen LogP contribution in [0.2, 0.25) is 0 Å². The molecule has 0 bridgehead atoms. The Morgan fingerprint density at radius 2 is 1.89 bits per heavy atom. The molecular formula is C16H28N2. The molecule has 0 saturated carbocycles. The van der Waals surface area contributed by atoms with E-state index in [1.807, 2.05) is 0 Å². The summed E-state index contributed by atoms with van der Waals surface area (Å²) in [5.74, 6) is 0. The average molecular weight is 248 g/mol. The van der Waals surface area contributed by atoms with Gasteiger partial charge in [-0.05, 0) is 37.9 Å². The van der Waals surface area contributed by atoms with Gasteiger partial charge < -0.3 is 5.73 Å². The molecule has 1 atom stereocenters. The van der Waals surface area contributed by atoms with Crippen molar-refractivity contribution < 1.29 is 0 Å². The third kappa shape index (κ3) is 5.19. The fourth-order valence-corrected chi connectivity index (χ4v) is 2.39. The zero-order chi connectivity index (χ0) is 13.2. The lowest BCUT2D eigenvalue weighted by Crippen LogP contribution is -2.41. The molecule has 0 heterocycles. The second kappa shape index (κ2) is 9.12. The van der Waals surface area contributed by atoms with Crippen molar-refractivity contribution >= 4 is 0 Å². The second-order valence-electron chi connectivity index (χ2n) is 4.90. The minimum atomic E-state index is 0.529. The fraction of sp³-hybridized carbons (Fsp3) is 0.625. The number of hydrogen-bond acceptors (Lipinski definition) is 2. The molecule has 2 N–H and O–H groups in total. The summed E-state index contributed by atoms with van der Waals surface area (Å²) in [6.07, 6.45) is 4.82. The number of likely N-dealkylation sites (N-methyl/N-ethyl adjacent to an activating group) is 1. The van der Waals surface area contributed by atoms with Gasteiger partial charge in [-0.2, -0.15) is 0 Å². The van der Waals surface area contributed by atoms with Crippen LogP contribution in [0, 0.1) is 0 Å². The van der Waals surface area contributed by atoms with Crippen LogP contribution in [0.3, 0.4) is 0 Å². The van der Waals surface area contributed by atoms with E-state index in [9.17, 15) is 0 Å². The predicted octanol–water partition coefficient (Wildman–Crippen LogP) is 3.07. The van der Waals surface area contributed by atoms with E-state index in [0.29, 0.717) is 6.04 Å². The van der Waals surface area contributed by atoms with Crippen molar-refractivity contribution in [3.63, 3.8) is 0 Å². The van der Waals surface area contributed by atoms with Gasteiger partial charge in [-0.15, -0.1) is 0 Å². The maximum Gasteiger partial charge on any atom is 0.0221 e. The lowest BCUT2D eigenvalue weighted by Gasteiger charge is -2.29. The Kier molecular flexibility index (Phi) is 7.70. The Morgan fingerprint density at radius 1 is 1.17 bits per heavy atom. The summed E-state index contributed by atoms with van der Waals surface area (Å²) in [7, 11) is 0. The number of rotatable bonds is 9. The summed E-state index contributed by atoms with van der Waals surface area (Å²) >= 11 is 0. The number of hydrogen-bond donors (Lipinski definition) is 1. The first-order chi connectivity index (χ1) is 8.81. The molecule has 0 saturated heterocycles. The summed E-state index contributed by atoms with van der Waals surface area (Å²) in [5.41, 5.74) is 7.36. The molecule has 2 heteroatoms. The lowest BCUT2D eigenvalue weighted by atomic mass is 10.0. The monoisotopic (exact) mass is 248 g/mol. The van der Waals surface area contributed by atoms with E-state index >= 15 is 0 Å². The first kappa shape index (κ1) is 15.2. The van der Waals surface area contributed by atoms with Crippen molar-refractivity contribution in [2.45, 2.75) is 45.6 Å². The summed E-state index contributed by atoms with van der Waals surface area (Å²) in [6, 6.07) is 11.2. The Labute approximate surface area is 112 Å². The Bertz CT molecular complexity index is 297. The number of nitrogens with zero attached hydrogens (tertiary/aromatic N) is 1. The number of unbranched alkanes of at least 4 members (excludes halogenated alkanes) is 1. The largest absolute Gasteiger partial charge is 0.329 e. The fourth-order valence-electron chi connectivity index (χ4n) is 2.39. The van der Waals surface area contributed by atoms with Crippen LogP contribution in [0.5, 0.6) is 0 Å². The smallest absolute Gasteiger partial charge is 0.0221 e.